The summed E-state index contributed by atoms with van der Waals surface area (Å²) in [5, 5.41) is 11.1. The molecule has 0 spiro atoms. The minimum atomic E-state index is -3.94. The molecule has 1 aliphatic heterocycles. The Balaban J connectivity index is 2.53. The van der Waals surface area contributed by atoms with E-state index in [1.165, 1.54) is 22.5 Å². The molecule has 7 nitrogen and oxygen atoms in total. The highest BCUT2D eigenvalue weighted by Gasteiger charge is 2.36. The van der Waals surface area contributed by atoms with Gasteiger partial charge < -0.3 is 5.73 Å². The van der Waals surface area contributed by atoms with Crippen molar-refractivity contribution in [1.29, 1.82) is 0 Å². The normalized spacial score (nSPS) is 20.4. The van der Waals surface area contributed by atoms with Crippen molar-refractivity contribution in [3.8, 4) is 0 Å². The van der Waals surface area contributed by atoms with Gasteiger partial charge in [-0.2, -0.15) is 4.31 Å². The zero-order chi connectivity index (χ0) is 15.6. The van der Waals surface area contributed by atoms with Gasteiger partial charge in [-0.15, -0.1) is 0 Å². The predicted octanol–water partition coefficient (Wildman–Crippen LogP) is 1.86. The van der Waals surface area contributed by atoms with E-state index < -0.39 is 20.6 Å². The number of hydrogen-bond donors (Lipinski definition) is 1. The second-order valence-corrected chi connectivity index (χ2v) is 7.64. The molecule has 0 bridgehead atoms. The van der Waals surface area contributed by atoms with E-state index in [2.05, 4.69) is 15.9 Å². The van der Waals surface area contributed by atoms with Gasteiger partial charge >= 0.3 is 0 Å². The Kier molecular flexibility index (Phi) is 4.97. The number of hydrogen-bond acceptors (Lipinski definition) is 5. The van der Waals surface area contributed by atoms with E-state index in [1.54, 1.807) is 0 Å². The molecule has 2 rings (SSSR count). The highest BCUT2D eigenvalue weighted by molar-refractivity contribution is 9.10. The van der Waals surface area contributed by atoms with Crippen LogP contribution >= 0.6 is 15.9 Å². The van der Waals surface area contributed by atoms with Crippen molar-refractivity contribution in [2.24, 2.45) is 5.73 Å². The third kappa shape index (κ3) is 3.25. The predicted molar refractivity (Wildman–Crippen MR) is 81.4 cm³/mol. The van der Waals surface area contributed by atoms with Crippen LogP contribution in [-0.2, 0) is 10.0 Å². The summed E-state index contributed by atoms with van der Waals surface area (Å²) >= 11 is 3.16. The first-order valence-electron chi connectivity index (χ1n) is 6.53. The highest BCUT2D eigenvalue weighted by atomic mass is 79.9. The lowest BCUT2D eigenvalue weighted by atomic mass is 10.1. The molecular formula is C12H16BrN3O4S. The number of nitrogens with zero attached hydrogens (tertiary/aromatic N) is 2. The smallest absolute Gasteiger partial charge is 0.289 e. The number of nitro benzene ring substituents is 1. The van der Waals surface area contributed by atoms with Crippen molar-refractivity contribution in [1.82, 2.24) is 4.31 Å². The molecule has 0 aliphatic carbocycles. The number of nitrogens with two attached hydrogens (primary N) is 1. The molecule has 1 unspecified atom stereocenters. The van der Waals surface area contributed by atoms with Gasteiger partial charge in [0.05, 0.1) is 4.92 Å². The van der Waals surface area contributed by atoms with Gasteiger partial charge in [0, 0.05) is 29.7 Å². The maximum absolute atomic E-state index is 12.8. The van der Waals surface area contributed by atoms with Crippen molar-refractivity contribution in [2.75, 3.05) is 13.1 Å². The van der Waals surface area contributed by atoms with Gasteiger partial charge in [-0.1, -0.05) is 22.4 Å². The third-order valence-electron chi connectivity index (χ3n) is 3.55. The van der Waals surface area contributed by atoms with Crippen LogP contribution in [0.4, 0.5) is 5.69 Å². The van der Waals surface area contributed by atoms with Crippen LogP contribution in [0.5, 0.6) is 0 Å². The number of halogens is 1. The minimum absolute atomic E-state index is 0.209. The van der Waals surface area contributed by atoms with Crippen LogP contribution in [0.2, 0.25) is 0 Å². The Labute approximate surface area is 131 Å². The van der Waals surface area contributed by atoms with Crippen molar-refractivity contribution in [3.05, 3.63) is 32.8 Å². The lowest BCUT2D eigenvalue weighted by Crippen LogP contribution is -2.47. The molecule has 1 fully saturated rings. The van der Waals surface area contributed by atoms with Crippen LogP contribution in [-0.4, -0.2) is 36.8 Å². The summed E-state index contributed by atoms with van der Waals surface area (Å²) in [5.41, 5.74) is 5.23. The van der Waals surface area contributed by atoms with Gasteiger partial charge in [0.1, 0.15) is 0 Å². The molecule has 0 saturated carbocycles. The molecule has 0 aromatic heterocycles. The molecule has 1 saturated heterocycles. The van der Waals surface area contributed by atoms with Crippen molar-refractivity contribution >= 4 is 31.6 Å². The fraction of sp³-hybridized carbons (Fsp3) is 0.500. The first-order chi connectivity index (χ1) is 9.87. The van der Waals surface area contributed by atoms with Crippen molar-refractivity contribution in [2.45, 2.75) is 30.2 Å². The first-order valence-corrected chi connectivity index (χ1v) is 8.77. The lowest BCUT2D eigenvalue weighted by molar-refractivity contribution is -0.387. The van der Waals surface area contributed by atoms with Crippen LogP contribution in [0.3, 0.4) is 0 Å². The van der Waals surface area contributed by atoms with Crippen LogP contribution < -0.4 is 5.73 Å². The monoisotopic (exact) mass is 377 g/mol. The zero-order valence-corrected chi connectivity index (χ0v) is 13.6. The highest BCUT2D eigenvalue weighted by Crippen LogP contribution is 2.32. The molecule has 21 heavy (non-hydrogen) atoms. The zero-order valence-electron chi connectivity index (χ0n) is 11.2. The molecule has 1 atom stereocenters. The summed E-state index contributed by atoms with van der Waals surface area (Å²) in [6.07, 6.45) is 2.32. The minimum Gasteiger partial charge on any atom is -0.329 e. The molecule has 1 aromatic carbocycles. The van der Waals surface area contributed by atoms with Gasteiger partial charge in [-0.25, -0.2) is 8.42 Å². The average molecular weight is 378 g/mol. The summed E-state index contributed by atoms with van der Waals surface area (Å²) < 4.78 is 27.3. The Morgan fingerprint density at radius 3 is 2.76 bits per heavy atom. The summed E-state index contributed by atoms with van der Waals surface area (Å²) in [4.78, 5) is 10.1. The Hall–Kier alpha value is -1.03. The SMILES string of the molecule is NCC1CCCCN1S(=O)(=O)c1cc(Br)ccc1[N+](=O)[O-]. The standard InChI is InChI=1S/C12H16BrN3O4S/c13-9-4-5-11(16(17)18)12(7-9)21(19,20)15-6-2-1-3-10(15)8-14/h4-5,7,10H,1-3,6,8,14H2. The van der Waals surface area contributed by atoms with Crippen LogP contribution in [0.15, 0.2) is 27.6 Å². The van der Waals surface area contributed by atoms with Gasteiger partial charge in [-0.3, -0.25) is 10.1 Å². The fourth-order valence-corrected chi connectivity index (χ4v) is 4.90. The third-order valence-corrected chi connectivity index (χ3v) is 6.02. The van der Waals surface area contributed by atoms with E-state index in [1.807, 2.05) is 0 Å². The quantitative estimate of drug-likeness (QED) is 0.636. The second kappa shape index (κ2) is 6.39. The fourth-order valence-electron chi connectivity index (χ4n) is 2.50. The molecule has 9 heteroatoms. The molecule has 1 aliphatic rings. The van der Waals surface area contributed by atoms with E-state index in [0.717, 1.165) is 12.8 Å². The first kappa shape index (κ1) is 16.3. The van der Waals surface area contributed by atoms with E-state index in [-0.39, 0.29) is 17.5 Å². The van der Waals surface area contributed by atoms with Crippen molar-refractivity contribution in [3.63, 3.8) is 0 Å². The molecular weight excluding hydrogens is 362 g/mol. The second-order valence-electron chi connectivity index (χ2n) is 4.87. The van der Waals surface area contributed by atoms with Gasteiger partial charge in [0.25, 0.3) is 5.69 Å². The topological polar surface area (TPSA) is 107 Å². The molecule has 0 amide bonds. The molecule has 116 valence electrons. The summed E-state index contributed by atoms with van der Waals surface area (Å²) in [5.74, 6) is 0. The molecule has 2 N–H and O–H groups in total. The average Bonchev–Trinajstić information content (AvgIpc) is 2.46. The van der Waals surface area contributed by atoms with E-state index >= 15 is 0 Å². The molecule has 1 heterocycles. The number of nitro groups is 1. The van der Waals surface area contributed by atoms with E-state index in [4.69, 9.17) is 5.73 Å². The van der Waals surface area contributed by atoms with E-state index in [0.29, 0.717) is 17.4 Å². The lowest BCUT2D eigenvalue weighted by Gasteiger charge is -2.33. The maximum Gasteiger partial charge on any atom is 0.289 e. The summed E-state index contributed by atoms with van der Waals surface area (Å²) in [6, 6.07) is 3.62. The van der Waals surface area contributed by atoms with Crippen LogP contribution in [0.1, 0.15) is 19.3 Å². The Morgan fingerprint density at radius 1 is 1.43 bits per heavy atom. The Morgan fingerprint density at radius 2 is 2.14 bits per heavy atom. The summed E-state index contributed by atoms with van der Waals surface area (Å²) in [6.45, 7) is 0.550. The van der Waals surface area contributed by atoms with Gasteiger partial charge in [0.2, 0.25) is 10.0 Å². The van der Waals surface area contributed by atoms with Crippen LogP contribution in [0, 0.1) is 10.1 Å². The number of rotatable bonds is 4. The van der Waals surface area contributed by atoms with E-state index in [9.17, 15) is 18.5 Å². The maximum atomic E-state index is 12.8. The van der Waals surface area contributed by atoms with Crippen molar-refractivity contribution < 1.29 is 13.3 Å². The molecule has 1 aromatic rings. The summed E-state index contributed by atoms with van der Waals surface area (Å²) in [7, 11) is -3.94. The number of piperidine rings is 1. The van der Waals surface area contributed by atoms with Gasteiger partial charge in [-0.05, 0) is 25.0 Å². The largest absolute Gasteiger partial charge is 0.329 e. The van der Waals surface area contributed by atoms with Crippen LogP contribution in [0.25, 0.3) is 0 Å². The number of sulfonamides is 1. The molecule has 0 radical (unpaired) electrons. The Bertz CT molecular complexity index is 650. The number of benzene rings is 1. The van der Waals surface area contributed by atoms with Gasteiger partial charge in [0.15, 0.2) is 4.90 Å².